The Balaban J connectivity index is 1.34. The first-order chi connectivity index (χ1) is 13.5. The molecular formula is C20H25N5O3. The summed E-state index contributed by atoms with van der Waals surface area (Å²) in [6.45, 7) is 5.37. The molecule has 28 heavy (non-hydrogen) atoms. The van der Waals surface area contributed by atoms with E-state index in [9.17, 15) is 9.59 Å². The minimum Gasteiger partial charge on any atom is -0.479 e. The number of nitrogens with zero attached hydrogens (tertiary/aromatic N) is 3. The van der Waals surface area contributed by atoms with Crippen LogP contribution < -0.4 is 19.9 Å². The number of hydrogen-bond donors (Lipinski definition) is 2. The standard InChI is InChI=1S/C20H25N5O3/c1-13-11-18(23-22-13)24-9-7-15(8-10-24)21-19(26)12-25-16-5-3-4-6-17(16)28-14(2)20(25)27/h3-6,11,14-15H,7-10,12H2,1-2H3,(H,21,26)(H,22,23). The van der Waals surface area contributed by atoms with Crippen LogP contribution in [0.5, 0.6) is 5.75 Å². The first-order valence-electron chi connectivity index (χ1n) is 9.64. The van der Waals surface area contributed by atoms with Crippen molar-refractivity contribution < 1.29 is 14.3 Å². The summed E-state index contributed by atoms with van der Waals surface area (Å²) in [7, 11) is 0. The zero-order valence-electron chi connectivity index (χ0n) is 16.1. The third-order valence-electron chi connectivity index (χ3n) is 5.25. The molecule has 8 heteroatoms. The van der Waals surface area contributed by atoms with Crippen molar-refractivity contribution in [1.29, 1.82) is 0 Å². The molecular weight excluding hydrogens is 358 g/mol. The zero-order valence-corrected chi connectivity index (χ0v) is 16.1. The van der Waals surface area contributed by atoms with Crippen LogP contribution in [0.2, 0.25) is 0 Å². The average molecular weight is 383 g/mol. The largest absolute Gasteiger partial charge is 0.479 e. The number of piperidine rings is 1. The van der Waals surface area contributed by atoms with Gasteiger partial charge in [-0.25, -0.2) is 0 Å². The van der Waals surface area contributed by atoms with Crippen molar-refractivity contribution in [2.45, 2.75) is 38.8 Å². The van der Waals surface area contributed by atoms with Crippen LogP contribution in [0.4, 0.5) is 11.5 Å². The van der Waals surface area contributed by atoms with Gasteiger partial charge in [-0.2, -0.15) is 5.10 Å². The number of nitrogens with one attached hydrogen (secondary N) is 2. The fourth-order valence-electron chi connectivity index (χ4n) is 3.76. The lowest BCUT2D eigenvalue weighted by molar-refractivity contribution is -0.128. The third-order valence-corrected chi connectivity index (χ3v) is 5.25. The van der Waals surface area contributed by atoms with Gasteiger partial charge in [-0.1, -0.05) is 12.1 Å². The molecule has 0 bridgehead atoms. The molecule has 0 radical (unpaired) electrons. The number of para-hydroxylation sites is 2. The Kier molecular flexibility index (Phi) is 4.93. The molecule has 0 aliphatic carbocycles. The molecule has 1 aromatic heterocycles. The number of aromatic amines is 1. The maximum absolute atomic E-state index is 12.6. The van der Waals surface area contributed by atoms with E-state index in [1.807, 2.05) is 31.2 Å². The monoisotopic (exact) mass is 383 g/mol. The van der Waals surface area contributed by atoms with E-state index in [1.165, 1.54) is 4.90 Å². The van der Waals surface area contributed by atoms with E-state index in [0.717, 1.165) is 37.4 Å². The van der Waals surface area contributed by atoms with Gasteiger partial charge in [0.05, 0.1) is 5.69 Å². The molecule has 2 aromatic rings. The Morgan fingerprint density at radius 1 is 1.32 bits per heavy atom. The van der Waals surface area contributed by atoms with E-state index >= 15 is 0 Å². The number of amides is 2. The number of fused-ring (bicyclic) bond motifs is 1. The summed E-state index contributed by atoms with van der Waals surface area (Å²) in [5.41, 5.74) is 1.68. The second-order valence-electron chi connectivity index (χ2n) is 7.39. The van der Waals surface area contributed by atoms with Crippen molar-refractivity contribution in [2.24, 2.45) is 0 Å². The number of hydrogen-bond acceptors (Lipinski definition) is 5. The maximum Gasteiger partial charge on any atom is 0.268 e. The summed E-state index contributed by atoms with van der Waals surface area (Å²) in [6.07, 6.45) is 1.10. The number of rotatable bonds is 4. The number of aryl methyl sites for hydroxylation is 1. The van der Waals surface area contributed by atoms with Crippen LogP contribution in [-0.4, -0.2) is 53.8 Å². The first kappa shape index (κ1) is 18.3. The van der Waals surface area contributed by atoms with Gasteiger partial charge in [0.2, 0.25) is 5.91 Å². The van der Waals surface area contributed by atoms with Gasteiger partial charge in [-0.15, -0.1) is 0 Å². The van der Waals surface area contributed by atoms with E-state index < -0.39 is 6.10 Å². The molecule has 0 saturated carbocycles. The number of ether oxygens (including phenoxy) is 1. The smallest absolute Gasteiger partial charge is 0.268 e. The second kappa shape index (κ2) is 7.53. The Morgan fingerprint density at radius 3 is 2.79 bits per heavy atom. The number of H-pyrrole nitrogens is 1. The van der Waals surface area contributed by atoms with Crippen molar-refractivity contribution in [1.82, 2.24) is 15.5 Å². The number of aromatic nitrogens is 2. The normalized spacial score (nSPS) is 19.9. The number of carbonyl (C=O) groups is 2. The fourth-order valence-corrected chi connectivity index (χ4v) is 3.76. The lowest BCUT2D eigenvalue weighted by Crippen LogP contribution is -2.51. The van der Waals surface area contributed by atoms with Crippen molar-refractivity contribution in [2.75, 3.05) is 29.4 Å². The molecule has 2 aliphatic heterocycles. The highest BCUT2D eigenvalue weighted by Gasteiger charge is 2.33. The van der Waals surface area contributed by atoms with Crippen molar-refractivity contribution in [3.05, 3.63) is 36.0 Å². The van der Waals surface area contributed by atoms with Crippen LogP contribution in [0.3, 0.4) is 0 Å². The van der Waals surface area contributed by atoms with Gasteiger partial charge in [0.1, 0.15) is 12.3 Å². The van der Waals surface area contributed by atoms with Gasteiger partial charge in [-0.05, 0) is 38.8 Å². The fraction of sp³-hybridized carbons (Fsp3) is 0.450. The summed E-state index contributed by atoms with van der Waals surface area (Å²) < 4.78 is 5.62. The van der Waals surface area contributed by atoms with Crippen molar-refractivity contribution in [3.63, 3.8) is 0 Å². The van der Waals surface area contributed by atoms with Crippen molar-refractivity contribution >= 4 is 23.3 Å². The van der Waals surface area contributed by atoms with Crippen molar-refractivity contribution in [3.8, 4) is 5.75 Å². The number of carbonyl (C=O) groups excluding carboxylic acids is 2. The quantitative estimate of drug-likeness (QED) is 0.837. The molecule has 8 nitrogen and oxygen atoms in total. The van der Waals surface area contributed by atoms with Gasteiger partial charge in [0.15, 0.2) is 11.9 Å². The SMILES string of the molecule is Cc1cc(N2CCC(NC(=O)CN3C(=O)C(C)Oc4ccccc43)CC2)n[nH]1. The molecule has 1 saturated heterocycles. The van der Waals surface area contributed by atoms with E-state index in [0.29, 0.717) is 11.4 Å². The zero-order chi connectivity index (χ0) is 19.7. The Labute approximate surface area is 163 Å². The Hall–Kier alpha value is -3.03. The second-order valence-corrected chi connectivity index (χ2v) is 7.39. The van der Waals surface area contributed by atoms with Crippen LogP contribution in [0.15, 0.2) is 30.3 Å². The predicted octanol–water partition coefficient (Wildman–Crippen LogP) is 1.62. The summed E-state index contributed by atoms with van der Waals surface area (Å²) in [5, 5.41) is 10.3. The molecule has 2 aliphatic rings. The topological polar surface area (TPSA) is 90.6 Å². The maximum atomic E-state index is 12.6. The van der Waals surface area contributed by atoms with Crippen LogP contribution in [0, 0.1) is 6.92 Å². The van der Waals surface area contributed by atoms with E-state index in [1.54, 1.807) is 13.0 Å². The summed E-state index contributed by atoms with van der Waals surface area (Å²) >= 11 is 0. The predicted molar refractivity (Wildman–Crippen MR) is 106 cm³/mol. The molecule has 3 heterocycles. The Morgan fingerprint density at radius 2 is 2.07 bits per heavy atom. The third kappa shape index (κ3) is 3.67. The highest BCUT2D eigenvalue weighted by molar-refractivity contribution is 6.03. The van der Waals surface area contributed by atoms with Gasteiger partial charge >= 0.3 is 0 Å². The van der Waals surface area contributed by atoms with Gasteiger partial charge in [0.25, 0.3) is 5.91 Å². The molecule has 1 fully saturated rings. The first-order valence-corrected chi connectivity index (χ1v) is 9.64. The highest BCUT2D eigenvalue weighted by atomic mass is 16.5. The van der Waals surface area contributed by atoms with Crippen LogP contribution in [0.25, 0.3) is 0 Å². The minimum atomic E-state index is -0.594. The lowest BCUT2D eigenvalue weighted by Gasteiger charge is -2.34. The molecule has 0 spiro atoms. The summed E-state index contributed by atoms with van der Waals surface area (Å²) in [6, 6.07) is 9.44. The molecule has 1 atom stereocenters. The van der Waals surface area contributed by atoms with Gasteiger partial charge in [-0.3, -0.25) is 19.6 Å². The minimum absolute atomic E-state index is 0.00230. The van der Waals surface area contributed by atoms with E-state index in [-0.39, 0.29) is 24.4 Å². The molecule has 1 unspecified atom stereocenters. The van der Waals surface area contributed by atoms with Gasteiger partial charge < -0.3 is 15.0 Å². The molecule has 4 rings (SSSR count). The lowest BCUT2D eigenvalue weighted by atomic mass is 10.0. The average Bonchev–Trinajstić information content (AvgIpc) is 3.12. The van der Waals surface area contributed by atoms with Crippen LogP contribution in [-0.2, 0) is 9.59 Å². The summed E-state index contributed by atoms with van der Waals surface area (Å²) in [5.74, 6) is 1.24. The molecule has 2 amide bonds. The van der Waals surface area contributed by atoms with Gasteiger partial charge in [0, 0.05) is 30.9 Å². The molecule has 1 aromatic carbocycles. The molecule has 148 valence electrons. The summed E-state index contributed by atoms with van der Waals surface area (Å²) in [4.78, 5) is 28.9. The number of benzene rings is 1. The molecule has 2 N–H and O–H groups in total. The van der Waals surface area contributed by atoms with E-state index in [4.69, 9.17) is 4.74 Å². The van der Waals surface area contributed by atoms with Crippen LogP contribution >= 0.6 is 0 Å². The highest BCUT2D eigenvalue weighted by Crippen LogP contribution is 2.33. The Bertz CT molecular complexity index is 872. The van der Waals surface area contributed by atoms with Crippen LogP contribution in [0.1, 0.15) is 25.5 Å². The number of anilines is 2. The van der Waals surface area contributed by atoms with E-state index in [2.05, 4.69) is 20.4 Å².